The Balaban J connectivity index is 2.36. The molecule has 0 aliphatic carbocycles. The number of aryl methyl sites for hydroxylation is 1. The van der Waals surface area contributed by atoms with E-state index in [1.807, 2.05) is 4.98 Å². The van der Waals surface area contributed by atoms with Crippen molar-refractivity contribution in [1.29, 1.82) is 0 Å². The van der Waals surface area contributed by atoms with Crippen molar-refractivity contribution in [2.24, 2.45) is 0 Å². The van der Waals surface area contributed by atoms with Crippen LogP contribution in [-0.4, -0.2) is 32.3 Å². The smallest absolute Gasteiger partial charge is 0.357 e. The lowest BCUT2D eigenvalue weighted by molar-refractivity contribution is -0.139. The van der Waals surface area contributed by atoms with Crippen LogP contribution in [0.5, 0.6) is 0 Å². The molecule has 1 aromatic carbocycles. The molecule has 0 aliphatic heterocycles. The minimum Gasteiger partial charge on any atom is -0.357 e. The van der Waals surface area contributed by atoms with Crippen LogP contribution in [0, 0.1) is 6.92 Å². The first kappa shape index (κ1) is 19.4. The fourth-order valence-corrected chi connectivity index (χ4v) is 3.05. The van der Waals surface area contributed by atoms with E-state index in [9.17, 15) is 27.6 Å². The van der Waals surface area contributed by atoms with Gasteiger partial charge in [-0.05, 0) is 26.0 Å². The molecule has 0 saturated carbocycles. The molecule has 3 rings (SSSR count). The maximum absolute atomic E-state index is 13.1. The van der Waals surface area contributed by atoms with Crippen LogP contribution in [0.25, 0.3) is 16.6 Å². The fraction of sp³-hybridized carbons (Fsp3) is 0.294. The molecule has 3 aromatic rings. The van der Waals surface area contributed by atoms with Crippen LogP contribution < -0.4 is 16.6 Å². The van der Waals surface area contributed by atoms with Crippen LogP contribution in [0.2, 0.25) is 0 Å². The first-order valence-corrected chi connectivity index (χ1v) is 8.19. The van der Waals surface area contributed by atoms with Gasteiger partial charge in [0, 0.05) is 18.6 Å². The number of alkyl halides is 3. The van der Waals surface area contributed by atoms with Crippen molar-refractivity contribution in [2.75, 3.05) is 7.05 Å². The van der Waals surface area contributed by atoms with Gasteiger partial charge in [-0.25, -0.2) is 9.36 Å². The number of amides is 1. The van der Waals surface area contributed by atoms with E-state index in [-0.39, 0.29) is 11.6 Å². The molecule has 2 heterocycles. The Kier molecular flexibility index (Phi) is 4.61. The monoisotopic (exact) mass is 395 g/mol. The molecule has 1 amide bonds. The summed E-state index contributed by atoms with van der Waals surface area (Å²) < 4.78 is 41.1. The lowest BCUT2D eigenvalue weighted by Crippen LogP contribution is -2.38. The van der Waals surface area contributed by atoms with Gasteiger partial charge in [0.25, 0.3) is 5.56 Å². The second-order valence-corrected chi connectivity index (χ2v) is 6.14. The van der Waals surface area contributed by atoms with Crippen LogP contribution in [0.15, 0.2) is 34.0 Å². The van der Waals surface area contributed by atoms with Gasteiger partial charge in [-0.2, -0.15) is 18.3 Å². The molecule has 8 nitrogen and oxygen atoms in total. The molecule has 0 spiro atoms. The molecule has 0 fully saturated rings. The van der Waals surface area contributed by atoms with Gasteiger partial charge in [0.2, 0.25) is 5.91 Å². The summed E-state index contributed by atoms with van der Waals surface area (Å²) in [6.45, 7) is 3.17. The minimum absolute atomic E-state index is 0.0530. The van der Waals surface area contributed by atoms with E-state index in [1.165, 1.54) is 23.9 Å². The van der Waals surface area contributed by atoms with Crippen LogP contribution in [0.3, 0.4) is 0 Å². The van der Waals surface area contributed by atoms with Crippen LogP contribution in [0.1, 0.15) is 24.2 Å². The SMILES string of the molecule is CNC(=O)[C@H](C)n1nc(C)c2c(-n3c(=O)[nH]cc(C(F)(F)F)c3=O)cccc21. The van der Waals surface area contributed by atoms with Crippen molar-refractivity contribution in [3.05, 3.63) is 56.5 Å². The molecule has 0 bridgehead atoms. The molecule has 148 valence electrons. The van der Waals surface area contributed by atoms with Gasteiger partial charge in [-0.1, -0.05) is 6.07 Å². The highest BCUT2D eigenvalue weighted by Gasteiger charge is 2.35. The Morgan fingerprint density at radius 1 is 1.29 bits per heavy atom. The second-order valence-electron chi connectivity index (χ2n) is 6.14. The molecule has 2 N–H and O–H groups in total. The number of benzene rings is 1. The highest BCUT2D eigenvalue weighted by atomic mass is 19.4. The first-order valence-electron chi connectivity index (χ1n) is 8.19. The Morgan fingerprint density at radius 2 is 1.96 bits per heavy atom. The standard InChI is InChI=1S/C17H16F3N5O3/c1-8-13-11(24-15(27)10(17(18,19)20)7-22-16(24)28)5-4-6-12(13)25(23-8)9(2)14(26)21-3/h4-7,9H,1-3H3,(H,21,26)(H,22,28)/t9-/m0/s1. The quantitative estimate of drug-likeness (QED) is 0.702. The molecule has 0 aliphatic rings. The highest BCUT2D eigenvalue weighted by molar-refractivity contribution is 5.91. The predicted octanol–water partition coefficient (Wildman–Crippen LogP) is 1.51. The van der Waals surface area contributed by atoms with Crippen LogP contribution in [0.4, 0.5) is 13.2 Å². The number of nitrogens with one attached hydrogen (secondary N) is 2. The molecule has 0 saturated heterocycles. The van der Waals surface area contributed by atoms with Crippen LogP contribution in [-0.2, 0) is 11.0 Å². The average molecular weight is 395 g/mol. The normalized spacial score (nSPS) is 12.9. The third-order valence-corrected chi connectivity index (χ3v) is 4.40. The minimum atomic E-state index is -4.93. The number of rotatable bonds is 3. The van der Waals surface area contributed by atoms with Crippen molar-refractivity contribution in [1.82, 2.24) is 24.6 Å². The summed E-state index contributed by atoms with van der Waals surface area (Å²) in [5, 5.41) is 7.07. The Hall–Kier alpha value is -3.37. The van der Waals surface area contributed by atoms with E-state index in [0.717, 1.165) is 0 Å². The predicted molar refractivity (Wildman–Crippen MR) is 94.5 cm³/mol. The Morgan fingerprint density at radius 3 is 2.57 bits per heavy atom. The summed E-state index contributed by atoms with van der Waals surface area (Å²) in [5.41, 5.74) is -3.30. The van der Waals surface area contributed by atoms with Gasteiger partial charge in [-0.15, -0.1) is 0 Å². The average Bonchev–Trinajstić information content (AvgIpc) is 2.97. The number of hydrogen-bond acceptors (Lipinski definition) is 4. The van der Waals surface area contributed by atoms with Gasteiger partial charge < -0.3 is 10.3 Å². The third-order valence-electron chi connectivity index (χ3n) is 4.40. The van der Waals surface area contributed by atoms with Crippen molar-refractivity contribution < 1.29 is 18.0 Å². The highest BCUT2D eigenvalue weighted by Crippen LogP contribution is 2.28. The molecule has 28 heavy (non-hydrogen) atoms. The number of halogens is 3. The number of aromatic amines is 1. The summed E-state index contributed by atoms with van der Waals surface area (Å²) in [5.74, 6) is -0.330. The summed E-state index contributed by atoms with van der Waals surface area (Å²) in [6.07, 6.45) is -4.57. The van der Waals surface area contributed by atoms with Crippen molar-refractivity contribution in [2.45, 2.75) is 26.1 Å². The number of fused-ring (bicyclic) bond motifs is 1. The molecule has 0 radical (unpaired) electrons. The molecule has 0 unspecified atom stereocenters. The van der Waals surface area contributed by atoms with Gasteiger partial charge in [0.15, 0.2) is 0 Å². The van der Waals surface area contributed by atoms with Gasteiger partial charge in [-0.3, -0.25) is 14.3 Å². The molecular weight excluding hydrogens is 379 g/mol. The van der Waals surface area contributed by atoms with E-state index in [1.54, 1.807) is 19.9 Å². The Labute approximate surface area is 155 Å². The van der Waals surface area contributed by atoms with Crippen molar-refractivity contribution in [3.8, 4) is 5.69 Å². The van der Waals surface area contributed by atoms with E-state index >= 15 is 0 Å². The number of nitrogens with zero attached hydrogens (tertiary/aromatic N) is 3. The lowest BCUT2D eigenvalue weighted by Gasteiger charge is -2.13. The number of H-pyrrole nitrogens is 1. The summed E-state index contributed by atoms with van der Waals surface area (Å²) in [4.78, 5) is 38.6. The third kappa shape index (κ3) is 2.98. The zero-order valence-electron chi connectivity index (χ0n) is 15.1. The van der Waals surface area contributed by atoms with Crippen LogP contribution >= 0.6 is 0 Å². The van der Waals surface area contributed by atoms with E-state index in [2.05, 4.69) is 10.4 Å². The molecule has 11 heteroatoms. The summed E-state index contributed by atoms with van der Waals surface area (Å²) in [6, 6.07) is 3.71. The fourth-order valence-electron chi connectivity index (χ4n) is 3.05. The van der Waals surface area contributed by atoms with E-state index in [4.69, 9.17) is 0 Å². The zero-order chi connectivity index (χ0) is 20.8. The number of carbonyl (C=O) groups is 1. The van der Waals surface area contributed by atoms with Gasteiger partial charge in [0.05, 0.1) is 16.9 Å². The molecule has 2 aromatic heterocycles. The summed E-state index contributed by atoms with van der Waals surface area (Å²) >= 11 is 0. The Bertz CT molecular complexity index is 1190. The lowest BCUT2D eigenvalue weighted by atomic mass is 10.1. The van der Waals surface area contributed by atoms with Crippen molar-refractivity contribution >= 4 is 16.8 Å². The molecule has 1 atom stereocenters. The maximum Gasteiger partial charge on any atom is 0.423 e. The number of aromatic nitrogens is 4. The second kappa shape index (κ2) is 6.66. The van der Waals surface area contributed by atoms with E-state index < -0.39 is 29.0 Å². The molecular formula is C17H16F3N5O3. The maximum atomic E-state index is 13.1. The zero-order valence-corrected chi connectivity index (χ0v) is 15.1. The topological polar surface area (TPSA) is 102 Å². The van der Waals surface area contributed by atoms with Crippen molar-refractivity contribution in [3.63, 3.8) is 0 Å². The summed E-state index contributed by atoms with van der Waals surface area (Å²) in [7, 11) is 1.46. The largest absolute Gasteiger partial charge is 0.423 e. The van der Waals surface area contributed by atoms with E-state index in [0.29, 0.717) is 27.4 Å². The number of likely N-dealkylation sites (N-methyl/N-ethyl adjacent to an activating group) is 1. The van der Waals surface area contributed by atoms with Gasteiger partial charge in [0.1, 0.15) is 11.6 Å². The first-order chi connectivity index (χ1) is 13.1. The number of hydrogen-bond donors (Lipinski definition) is 2. The van der Waals surface area contributed by atoms with Gasteiger partial charge >= 0.3 is 11.9 Å². The number of carbonyl (C=O) groups excluding carboxylic acids is 1.